The third kappa shape index (κ3) is 2.78. The predicted octanol–water partition coefficient (Wildman–Crippen LogP) is 0.934. The van der Waals surface area contributed by atoms with Crippen molar-refractivity contribution < 1.29 is 10.2 Å². The summed E-state index contributed by atoms with van der Waals surface area (Å²) in [5.41, 5.74) is 0.0377. The van der Waals surface area contributed by atoms with Crippen LogP contribution in [0.1, 0.15) is 11.4 Å². The summed E-state index contributed by atoms with van der Waals surface area (Å²) >= 11 is 5.86. The molecule has 0 radical (unpaired) electrons. The summed E-state index contributed by atoms with van der Waals surface area (Å²) in [6.45, 7) is -0.365. The van der Waals surface area contributed by atoms with E-state index in [1.165, 1.54) is 6.33 Å². The highest BCUT2D eigenvalue weighted by atomic mass is 35.5. The van der Waals surface area contributed by atoms with Crippen molar-refractivity contribution in [2.24, 2.45) is 7.05 Å². The van der Waals surface area contributed by atoms with Crippen molar-refractivity contribution in [2.75, 3.05) is 13.2 Å². The van der Waals surface area contributed by atoms with Crippen LogP contribution in [0.3, 0.4) is 0 Å². The number of aliphatic hydroxyl groups is 2. The van der Waals surface area contributed by atoms with Gasteiger partial charge in [-0.2, -0.15) is 5.10 Å². The molecular formula is C13H16ClN3O2. The second kappa shape index (κ2) is 5.69. The fourth-order valence-electron chi connectivity index (χ4n) is 2.03. The average molecular weight is 282 g/mol. The Bertz CT molecular complexity index is 535. The van der Waals surface area contributed by atoms with Crippen LogP contribution in [0.25, 0.3) is 0 Å². The molecule has 0 unspecified atom stereocenters. The van der Waals surface area contributed by atoms with Crippen LogP contribution in [-0.2, 0) is 18.9 Å². The summed E-state index contributed by atoms with van der Waals surface area (Å²) in [5.74, 6) is 0.707. The molecule has 0 fully saturated rings. The molecule has 19 heavy (non-hydrogen) atoms. The summed E-state index contributed by atoms with van der Waals surface area (Å²) in [6.07, 6.45) is 1.86. The first-order valence-electron chi connectivity index (χ1n) is 5.92. The smallest absolute Gasteiger partial charge is 0.138 e. The Morgan fingerprint density at radius 1 is 1.21 bits per heavy atom. The third-order valence-electron chi connectivity index (χ3n) is 3.36. The van der Waals surface area contributed by atoms with Gasteiger partial charge < -0.3 is 10.2 Å². The maximum Gasteiger partial charge on any atom is 0.138 e. The minimum atomic E-state index is -0.786. The van der Waals surface area contributed by atoms with E-state index in [-0.39, 0.29) is 13.2 Å². The Labute approximate surface area is 116 Å². The second-order valence-electron chi connectivity index (χ2n) is 4.58. The van der Waals surface area contributed by atoms with Gasteiger partial charge >= 0.3 is 0 Å². The molecule has 1 aromatic heterocycles. The van der Waals surface area contributed by atoms with E-state index in [0.717, 1.165) is 5.56 Å². The van der Waals surface area contributed by atoms with Crippen LogP contribution in [0.5, 0.6) is 0 Å². The SMILES string of the molecule is Cn1ncnc1CC(CO)(CO)c1ccc(Cl)cc1. The van der Waals surface area contributed by atoms with Crippen LogP contribution in [0, 0.1) is 0 Å². The van der Waals surface area contributed by atoms with Gasteiger partial charge in [-0.05, 0) is 17.7 Å². The molecule has 2 rings (SSSR count). The zero-order chi connectivity index (χ0) is 13.9. The molecule has 102 valence electrons. The number of hydrogen-bond acceptors (Lipinski definition) is 4. The molecule has 5 nitrogen and oxygen atoms in total. The number of rotatable bonds is 5. The van der Waals surface area contributed by atoms with E-state index >= 15 is 0 Å². The normalized spacial score (nSPS) is 11.8. The van der Waals surface area contributed by atoms with E-state index in [0.29, 0.717) is 17.3 Å². The number of benzene rings is 1. The maximum atomic E-state index is 9.74. The largest absolute Gasteiger partial charge is 0.395 e. The molecule has 2 aromatic rings. The van der Waals surface area contributed by atoms with Crippen molar-refractivity contribution >= 4 is 11.6 Å². The highest BCUT2D eigenvalue weighted by Gasteiger charge is 2.33. The van der Waals surface area contributed by atoms with Crippen LogP contribution in [0.2, 0.25) is 5.02 Å². The fourth-order valence-corrected chi connectivity index (χ4v) is 2.16. The van der Waals surface area contributed by atoms with Gasteiger partial charge in [-0.15, -0.1) is 0 Å². The lowest BCUT2D eigenvalue weighted by Gasteiger charge is -2.30. The topological polar surface area (TPSA) is 71.2 Å². The van der Waals surface area contributed by atoms with Crippen molar-refractivity contribution in [1.29, 1.82) is 0 Å². The van der Waals surface area contributed by atoms with Crippen molar-refractivity contribution in [3.63, 3.8) is 0 Å². The molecule has 1 aromatic carbocycles. The van der Waals surface area contributed by atoms with Gasteiger partial charge in [-0.1, -0.05) is 23.7 Å². The summed E-state index contributed by atoms with van der Waals surface area (Å²) in [4.78, 5) is 4.14. The first kappa shape index (κ1) is 14.0. The lowest BCUT2D eigenvalue weighted by atomic mass is 9.78. The molecular weight excluding hydrogens is 266 g/mol. The molecule has 0 bridgehead atoms. The van der Waals surface area contributed by atoms with E-state index in [2.05, 4.69) is 10.1 Å². The van der Waals surface area contributed by atoms with Gasteiger partial charge in [-0.25, -0.2) is 4.98 Å². The van der Waals surface area contributed by atoms with Crippen LogP contribution in [0.4, 0.5) is 0 Å². The summed E-state index contributed by atoms with van der Waals surface area (Å²) in [6, 6.07) is 7.11. The maximum absolute atomic E-state index is 9.74. The summed E-state index contributed by atoms with van der Waals surface area (Å²) in [5, 5.41) is 24.1. The predicted molar refractivity (Wildman–Crippen MR) is 72.0 cm³/mol. The zero-order valence-electron chi connectivity index (χ0n) is 10.6. The lowest BCUT2D eigenvalue weighted by molar-refractivity contribution is 0.114. The van der Waals surface area contributed by atoms with E-state index in [1.54, 1.807) is 23.9 Å². The Hall–Kier alpha value is -1.43. The Morgan fingerprint density at radius 2 is 1.84 bits per heavy atom. The van der Waals surface area contributed by atoms with Gasteiger partial charge in [0.05, 0.1) is 13.2 Å². The van der Waals surface area contributed by atoms with E-state index < -0.39 is 5.41 Å². The molecule has 0 aliphatic rings. The molecule has 0 spiro atoms. The number of halogens is 1. The zero-order valence-corrected chi connectivity index (χ0v) is 11.4. The quantitative estimate of drug-likeness (QED) is 0.855. The minimum Gasteiger partial charge on any atom is -0.395 e. The monoisotopic (exact) mass is 281 g/mol. The molecule has 2 N–H and O–H groups in total. The van der Waals surface area contributed by atoms with Crippen molar-refractivity contribution in [3.05, 3.63) is 47.0 Å². The number of nitrogens with zero attached hydrogens (tertiary/aromatic N) is 3. The van der Waals surface area contributed by atoms with Gasteiger partial charge in [-0.3, -0.25) is 4.68 Å². The molecule has 0 aliphatic carbocycles. The summed E-state index contributed by atoms with van der Waals surface area (Å²) in [7, 11) is 1.78. The van der Waals surface area contributed by atoms with Gasteiger partial charge in [0.2, 0.25) is 0 Å². The number of aromatic nitrogens is 3. The minimum absolute atomic E-state index is 0.183. The summed E-state index contributed by atoms with van der Waals surface area (Å²) < 4.78 is 1.63. The van der Waals surface area contributed by atoms with E-state index in [9.17, 15) is 10.2 Å². The van der Waals surface area contributed by atoms with Crippen LogP contribution in [0.15, 0.2) is 30.6 Å². The molecule has 0 saturated heterocycles. The third-order valence-corrected chi connectivity index (χ3v) is 3.62. The highest BCUT2D eigenvalue weighted by molar-refractivity contribution is 6.30. The second-order valence-corrected chi connectivity index (χ2v) is 5.02. The lowest BCUT2D eigenvalue weighted by Crippen LogP contribution is -2.38. The average Bonchev–Trinajstić information content (AvgIpc) is 2.82. The van der Waals surface area contributed by atoms with Crippen molar-refractivity contribution in [2.45, 2.75) is 11.8 Å². The molecule has 0 atom stereocenters. The Kier molecular flexibility index (Phi) is 4.19. The van der Waals surface area contributed by atoms with Crippen molar-refractivity contribution in [1.82, 2.24) is 14.8 Å². The molecule has 0 aliphatic heterocycles. The van der Waals surface area contributed by atoms with E-state index in [1.807, 2.05) is 12.1 Å². The first-order chi connectivity index (χ1) is 9.11. The number of aryl methyl sites for hydroxylation is 1. The molecule has 6 heteroatoms. The van der Waals surface area contributed by atoms with Gasteiger partial charge in [0.1, 0.15) is 12.2 Å². The molecule has 0 saturated carbocycles. The standard InChI is InChI=1S/C13H16ClN3O2/c1-17-12(15-9-16-17)6-13(7-18,8-19)10-2-4-11(14)5-3-10/h2-5,9,18-19H,6-8H2,1H3. The fraction of sp³-hybridized carbons (Fsp3) is 0.385. The van der Waals surface area contributed by atoms with Crippen LogP contribution in [-0.4, -0.2) is 38.2 Å². The molecule has 1 heterocycles. The van der Waals surface area contributed by atoms with Crippen molar-refractivity contribution in [3.8, 4) is 0 Å². The van der Waals surface area contributed by atoms with Gasteiger partial charge in [0.15, 0.2) is 0 Å². The number of aliphatic hydroxyl groups excluding tert-OH is 2. The van der Waals surface area contributed by atoms with E-state index in [4.69, 9.17) is 11.6 Å². The van der Waals surface area contributed by atoms with Gasteiger partial charge in [0.25, 0.3) is 0 Å². The molecule has 0 amide bonds. The Morgan fingerprint density at radius 3 is 2.32 bits per heavy atom. The van der Waals surface area contributed by atoms with Crippen LogP contribution < -0.4 is 0 Å². The number of hydrogen-bond donors (Lipinski definition) is 2. The highest BCUT2D eigenvalue weighted by Crippen LogP contribution is 2.28. The van der Waals surface area contributed by atoms with Gasteiger partial charge in [0, 0.05) is 23.9 Å². The Balaban J connectivity index is 2.37. The first-order valence-corrected chi connectivity index (χ1v) is 6.30. The van der Waals surface area contributed by atoms with Crippen LogP contribution >= 0.6 is 11.6 Å².